The smallest absolute Gasteiger partial charge is 0.253 e. The molecule has 0 aliphatic heterocycles. The molecule has 0 aliphatic carbocycles. The molecule has 0 heterocycles. The lowest BCUT2D eigenvalue weighted by molar-refractivity contribution is 0.0827. The number of rotatable bonds is 6. The van der Waals surface area contributed by atoms with Crippen molar-refractivity contribution >= 4 is 34.6 Å². The number of likely N-dealkylation sites (N-methyl/N-ethyl adjacent to an activating group) is 1. The van der Waals surface area contributed by atoms with Gasteiger partial charge >= 0.3 is 0 Å². The van der Waals surface area contributed by atoms with Crippen molar-refractivity contribution in [3.05, 3.63) is 60.2 Å². The molecule has 25 heavy (non-hydrogen) atoms. The van der Waals surface area contributed by atoms with Gasteiger partial charge in [-0.05, 0) is 48.6 Å². The number of para-hydroxylation sites is 1. The number of hydrogen-bond donors (Lipinski definition) is 2. The van der Waals surface area contributed by atoms with Gasteiger partial charge in [0.05, 0.1) is 0 Å². The number of carbonyl (C=O) groups excluding carboxylic acids is 1. The van der Waals surface area contributed by atoms with Crippen LogP contribution >= 0.6 is 12.2 Å². The minimum Gasteiger partial charge on any atom is -0.373 e. The first-order valence-electron chi connectivity index (χ1n) is 8.10. The van der Waals surface area contributed by atoms with E-state index in [0.717, 1.165) is 18.8 Å². The fraction of sp³-hybridized carbons (Fsp3) is 0.263. The molecule has 0 aromatic heterocycles. The summed E-state index contributed by atoms with van der Waals surface area (Å²) in [6, 6.07) is 17.5. The quantitative estimate of drug-likeness (QED) is 0.780. The Balaban J connectivity index is 1.77. The summed E-state index contributed by atoms with van der Waals surface area (Å²) >= 11 is 5.31. The van der Waals surface area contributed by atoms with E-state index in [4.69, 9.17) is 12.2 Å². The molecule has 2 rings (SSSR count). The van der Waals surface area contributed by atoms with Gasteiger partial charge in [0.15, 0.2) is 5.11 Å². The van der Waals surface area contributed by atoms with E-state index in [-0.39, 0.29) is 5.91 Å². The molecule has 6 heteroatoms. The molecule has 0 fully saturated rings. The molecule has 5 nitrogen and oxygen atoms in total. The van der Waals surface area contributed by atoms with Crippen LogP contribution in [0.15, 0.2) is 54.6 Å². The highest BCUT2D eigenvalue weighted by molar-refractivity contribution is 7.80. The highest BCUT2D eigenvalue weighted by Gasteiger charge is 2.07. The molecule has 0 atom stereocenters. The van der Waals surface area contributed by atoms with Gasteiger partial charge in [-0.25, -0.2) is 0 Å². The Morgan fingerprint density at radius 3 is 2.24 bits per heavy atom. The van der Waals surface area contributed by atoms with Crippen LogP contribution in [0.4, 0.5) is 11.4 Å². The standard InChI is InChI=1S/C19H24N4OS/c1-22(2)18(24)15-9-11-16(12-10-15)21-19(25)20-13-14-23(3)17-7-5-4-6-8-17/h4-12H,13-14H2,1-3H3,(H2,20,21,25). The predicted octanol–water partition coefficient (Wildman–Crippen LogP) is 2.81. The third-order valence-corrected chi connectivity index (χ3v) is 3.97. The normalized spacial score (nSPS) is 10.0. The van der Waals surface area contributed by atoms with Crippen molar-refractivity contribution in [2.45, 2.75) is 0 Å². The molecule has 1 amide bonds. The van der Waals surface area contributed by atoms with E-state index in [1.165, 1.54) is 5.69 Å². The zero-order chi connectivity index (χ0) is 18.2. The zero-order valence-corrected chi connectivity index (χ0v) is 15.6. The van der Waals surface area contributed by atoms with Crippen molar-refractivity contribution in [1.29, 1.82) is 0 Å². The van der Waals surface area contributed by atoms with Crippen LogP contribution in [0.5, 0.6) is 0 Å². The fourth-order valence-electron chi connectivity index (χ4n) is 2.28. The van der Waals surface area contributed by atoms with Crippen LogP contribution in [0, 0.1) is 0 Å². The fourth-order valence-corrected chi connectivity index (χ4v) is 2.50. The number of carbonyl (C=O) groups is 1. The molecular formula is C19H24N4OS. The predicted molar refractivity (Wildman–Crippen MR) is 108 cm³/mol. The number of anilines is 2. The highest BCUT2D eigenvalue weighted by atomic mass is 32.1. The molecule has 0 unspecified atom stereocenters. The third-order valence-electron chi connectivity index (χ3n) is 3.73. The van der Waals surface area contributed by atoms with Crippen LogP contribution < -0.4 is 15.5 Å². The first-order chi connectivity index (χ1) is 12.0. The summed E-state index contributed by atoms with van der Waals surface area (Å²) in [5.74, 6) is -0.0174. The van der Waals surface area contributed by atoms with Gasteiger partial charge in [0.25, 0.3) is 5.91 Å². The van der Waals surface area contributed by atoms with Crippen LogP contribution in [0.25, 0.3) is 0 Å². The van der Waals surface area contributed by atoms with Crippen molar-refractivity contribution in [3.63, 3.8) is 0 Å². The summed E-state index contributed by atoms with van der Waals surface area (Å²) in [5, 5.41) is 6.88. The summed E-state index contributed by atoms with van der Waals surface area (Å²) in [6.45, 7) is 1.57. The molecule has 2 N–H and O–H groups in total. The molecule has 0 saturated carbocycles. The van der Waals surface area contributed by atoms with Crippen molar-refractivity contribution in [2.75, 3.05) is 44.4 Å². The summed E-state index contributed by atoms with van der Waals surface area (Å²) in [7, 11) is 5.52. The zero-order valence-electron chi connectivity index (χ0n) is 14.8. The summed E-state index contributed by atoms with van der Waals surface area (Å²) in [6.07, 6.45) is 0. The molecule has 0 bridgehead atoms. The van der Waals surface area contributed by atoms with E-state index in [2.05, 4.69) is 27.7 Å². The maximum absolute atomic E-state index is 11.9. The van der Waals surface area contributed by atoms with Crippen LogP contribution in [0.3, 0.4) is 0 Å². The number of benzene rings is 2. The topological polar surface area (TPSA) is 47.6 Å². The van der Waals surface area contributed by atoms with Crippen LogP contribution in [0.1, 0.15) is 10.4 Å². The molecule has 0 aliphatic rings. The molecule has 0 radical (unpaired) electrons. The van der Waals surface area contributed by atoms with Gasteiger partial charge in [-0.3, -0.25) is 4.79 Å². The van der Waals surface area contributed by atoms with E-state index in [1.807, 2.05) is 37.4 Å². The lowest BCUT2D eigenvalue weighted by Gasteiger charge is -2.20. The third kappa shape index (κ3) is 5.76. The first kappa shape index (κ1) is 18.7. The van der Waals surface area contributed by atoms with Gasteiger partial charge in [0.1, 0.15) is 0 Å². The van der Waals surface area contributed by atoms with Gasteiger partial charge in [0, 0.05) is 51.2 Å². The van der Waals surface area contributed by atoms with E-state index in [9.17, 15) is 4.79 Å². The minimum absolute atomic E-state index is 0.0174. The Morgan fingerprint density at radius 1 is 1.00 bits per heavy atom. The van der Waals surface area contributed by atoms with Crippen LogP contribution in [-0.2, 0) is 0 Å². The van der Waals surface area contributed by atoms with E-state index in [1.54, 1.807) is 31.1 Å². The van der Waals surface area contributed by atoms with Crippen molar-refractivity contribution < 1.29 is 4.79 Å². The number of amides is 1. The molecule has 132 valence electrons. The van der Waals surface area contributed by atoms with E-state index in [0.29, 0.717) is 10.7 Å². The number of hydrogen-bond acceptors (Lipinski definition) is 3. The second-order valence-electron chi connectivity index (χ2n) is 5.91. The molecule has 0 spiro atoms. The van der Waals surface area contributed by atoms with Gasteiger partial charge in [-0.2, -0.15) is 0 Å². The lowest BCUT2D eigenvalue weighted by Crippen LogP contribution is -2.35. The van der Waals surface area contributed by atoms with Crippen LogP contribution in [-0.4, -0.2) is 50.2 Å². The highest BCUT2D eigenvalue weighted by Crippen LogP contribution is 2.11. The van der Waals surface area contributed by atoms with Gasteiger partial charge in [0.2, 0.25) is 0 Å². The number of nitrogens with one attached hydrogen (secondary N) is 2. The SMILES string of the molecule is CN(C)C(=O)c1ccc(NC(=S)NCCN(C)c2ccccc2)cc1. The Morgan fingerprint density at radius 2 is 1.64 bits per heavy atom. The lowest BCUT2D eigenvalue weighted by atomic mass is 10.2. The maximum Gasteiger partial charge on any atom is 0.253 e. The summed E-state index contributed by atoms with van der Waals surface area (Å²) in [4.78, 5) is 15.6. The van der Waals surface area contributed by atoms with Gasteiger partial charge in [-0.15, -0.1) is 0 Å². The van der Waals surface area contributed by atoms with Crippen LogP contribution in [0.2, 0.25) is 0 Å². The van der Waals surface area contributed by atoms with Crippen molar-refractivity contribution in [1.82, 2.24) is 10.2 Å². The Labute approximate surface area is 154 Å². The first-order valence-corrected chi connectivity index (χ1v) is 8.51. The number of nitrogens with zero attached hydrogens (tertiary/aromatic N) is 2. The van der Waals surface area contributed by atoms with Gasteiger partial charge < -0.3 is 20.4 Å². The minimum atomic E-state index is -0.0174. The van der Waals surface area contributed by atoms with Gasteiger partial charge in [-0.1, -0.05) is 18.2 Å². The van der Waals surface area contributed by atoms with Crippen molar-refractivity contribution in [2.24, 2.45) is 0 Å². The number of thiocarbonyl (C=S) groups is 1. The Kier molecular flexibility index (Phi) is 6.77. The monoisotopic (exact) mass is 356 g/mol. The summed E-state index contributed by atoms with van der Waals surface area (Å²) in [5.41, 5.74) is 2.67. The maximum atomic E-state index is 11.9. The van der Waals surface area contributed by atoms with Crippen molar-refractivity contribution in [3.8, 4) is 0 Å². The van der Waals surface area contributed by atoms with E-state index >= 15 is 0 Å². The molecule has 2 aromatic carbocycles. The second-order valence-corrected chi connectivity index (χ2v) is 6.32. The average molecular weight is 356 g/mol. The largest absolute Gasteiger partial charge is 0.373 e. The Bertz CT molecular complexity index is 701. The molecule has 0 saturated heterocycles. The Hall–Kier alpha value is -2.60. The molecular weight excluding hydrogens is 332 g/mol. The van der Waals surface area contributed by atoms with E-state index < -0.39 is 0 Å². The second kappa shape index (κ2) is 9.03. The molecule has 2 aromatic rings. The average Bonchev–Trinajstić information content (AvgIpc) is 2.62. The summed E-state index contributed by atoms with van der Waals surface area (Å²) < 4.78 is 0.